The third kappa shape index (κ3) is 2.70. The van der Waals surface area contributed by atoms with Crippen molar-refractivity contribution in [2.75, 3.05) is 5.73 Å². The molecule has 0 radical (unpaired) electrons. The van der Waals surface area contributed by atoms with Crippen molar-refractivity contribution >= 4 is 5.82 Å². The average Bonchev–Trinajstić information content (AvgIpc) is 2.27. The first-order valence-corrected chi connectivity index (χ1v) is 5.02. The number of para-hydroxylation sites is 1. The molecule has 2 N–H and O–H groups in total. The summed E-state index contributed by atoms with van der Waals surface area (Å²) in [6.45, 7) is 2.21. The van der Waals surface area contributed by atoms with Crippen molar-refractivity contribution in [2.24, 2.45) is 0 Å². The minimum atomic E-state index is 0.400. The normalized spacial score (nSPS) is 10.1. The maximum atomic E-state index is 5.62. The highest BCUT2D eigenvalue weighted by atomic mass is 16.5. The Kier molecular flexibility index (Phi) is 3.00. The van der Waals surface area contributed by atoms with Gasteiger partial charge in [-0.15, -0.1) is 0 Å². The van der Waals surface area contributed by atoms with Gasteiger partial charge in [0.25, 0.3) is 0 Å². The van der Waals surface area contributed by atoms with E-state index in [1.807, 2.05) is 37.3 Å². The van der Waals surface area contributed by atoms with E-state index >= 15 is 0 Å². The Morgan fingerprint density at radius 2 is 1.94 bits per heavy atom. The number of nitrogen functional groups attached to an aromatic ring is 1. The second kappa shape index (κ2) is 4.61. The highest BCUT2D eigenvalue weighted by Crippen LogP contribution is 2.11. The highest BCUT2D eigenvalue weighted by Gasteiger charge is 2.00. The van der Waals surface area contributed by atoms with Crippen molar-refractivity contribution in [1.82, 2.24) is 9.97 Å². The van der Waals surface area contributed by atoms with E-state index in [9.17, 15) is 0 Å². The molecule has 0 spiro atoms. The Hall–Kier alpha value is -2.10. The largest absolute Gasteiger partial charge is 0.487 e. The Morgan fingerprint density at radius 3 is 2.62 bits per heavy atom. The SMILES string of the molecule is Cc1nc(N)cc(COc2ccccc2)n1. The van der Waals surface area contributed by atoms with E-state index in [2.05, 4.69) is 9.97 Å². The summed E-state index contributed by atoms with van der Waals surface area (Å²) in [6, 6.07) is 11.3. The predicted octanol–water partition coefficient (Wildman–Crippen LogP) is 1.95. The Bertz CT molecular complexity index is 451. The van der Waals surface area contributed by atoms with Crippen LogP contribution in [-0.2, 0) is 6.61 Å². The van der Waals surface area contributed by atoms with Gasteiger partial charge in [0.2, 0.25) is 0 Å². The zero-order valence-corrected chi connectivity index (χ0v) is 9.05. The predicted molar refractivity (Wildman–Crippen MR) is 62.0 cm³/mol. The molecule has 1 aromatic heterocycles. The summed E-state index contributed by atoms with van der Waals surface area (Å²) in [5.74, 6) is 1.95. The van der Waals surface area contributed by atoms with Gasteiger partial charge in [-0.3, -0.25) is 0 Å². The van der Waals surface area contributed by atoms with Crippen LogP contribution in [0, 0.1) is 6.92 Å². The summed E-state index contributed by atoms with van der Waals surface area (Å²) < 4.78 is 5.56. The van der Waals surface area contributed by atoms with E-state index in [-0.39, 0.29) is 0 Å². The van der Waals surface area contributed by atoms with Gasteiger partial charge in [0.1, 0.15) is 24.0 Å². The molecule has 0 amide bonds. The molecular formula is C12H13N3O. The minimum absolute atomic E-state index is 0.400. The van der Waals surface area contributed by atoms with Crippen LogP contribution in [0.3, 0.4) is 0 Å². The number of aryl methyl sites for hydroxylation is 1. The van der Waals surface area contributed by atoms with Crippen molar-refractivity contribution in [1.29, 1.82) is 0 Å². The van der Waals surface area contributed by atoms with E-state index in [4.69, 9.17) is 10.5 Å². The molecule has 0 unspecified atom stereocenters. The molecule has 16 heavy (non-hydrogen) atoms. The number of ether oxygens (including phenoxy) is 1. The first-order valence-electron chi connectivity index (χ1n) is 5.02. The van der Waals surface area contributed by atoms with Crippen molar-refractivity contribution in [3.8, 4) is 5.75 Å². The number of hydrogen-bond donors (Lipinski definition) is 1. The lowest BCUT2D eigenvalue weighted by molar-refractivity contribution is 0.301. The Balaban J connectivity index is 2.05. The summed E-state index contributed by atoms with van der Waals surface area (Å²) in [4.78, 5) is 8.23. The van der Waals surface area contributed by atoms with Gasteiger partial charge in [-0.25, -0.2) is 9.97 Å². The van der Waals surface area contributed by atoms with E-state index < -0.39 is 0 Å². The van der Waals surface area contributed by atoms with Crippen LogP contribution >= 0.6 is 0 Å². The standard InChI is InChI=1S/C12H13N3O/c1-9-14-10(7-12(13)15-9)8-16-11-5-3-2-4-6-11/h2-7H,8H2,1H3,(H2,13,14,15). The van der Waals surface area contributed by atoms with Crippen LogP contribution < -0.4 is 10.5 Å². The lowest BCUT2D eigenvalue weighted by Crippen LogP contribution is -2.03. The van der Waals surface area contributed by atoms with E-state index in [1.54, 1.807) is 6.07 Å². The van der Waals surface area contributed by atoms with Crippen LogP contribution in [0.1, 0.15) is 11.5 Å². The molecule has 0 aliphatic heterocycles. The third-order valence-electron chi connectivity index (χ3n) is 2.04. The van der Waals surface area contributed by atoms with Gasteiger partial charge in [0, 0.05) is 6.07 Å². The first kappa shape index (κ1) is 10.4. The lowest BCUT2D eigenvalue weighted by atomic mass is 10.3. The molecule has 0 fully saturated rings. The quantitative estimate of drug-likeness (QED) is 0.850. The molecule has 0 saturated carbocycles. The number of hydrogen-bond acceptors (Lipinski definition) is 4. The summed E-state index contributed by atoms with van der Waals surface area (Å²) in [5, 5.41) is 0. The van der Waals surface area contributed by atoms with Gasteiger partial charge in [0.15, 0.2) is 0 Å². The lowest BCUT2D eigenvalue weighted by Gasteiger charge is -2.06. The van der Waals surface area contributed by atoms with Gasteiger partial charge >= 0.3 is 0 Å². The van der Waals surface area contributed by atoms with E-state index in [0.29, 0.717) is 18.2 Å². The topological polar surface area (TPSA) is 61.0 Å². The first-order chi connectivity index (χ1) is 7.74. The maximum absolute atomic E-state index is 5.62. The molecule has 2 rings (SSSR count). The van der Waals surface area contributed by atoms with Crippen LogP contribution in [0.15, 0.2) is 36.4 Å². The molecular weight excluding hydrogens is 202 g/mol. The number of rotatable bonds is 3. The highest BCUT2D eigenvalue weighted by molar-refractivity contribution is 5.29. The average molecular weight is 215 g/mol. The summed E-state index contributed by atoms with van der Waals surface area (Å²) in [6.07, 6.45) is 0. The Labute approximate surface area is 94.1 Å². The molecule has 0 aliphatic carbocycles. The number of nitrogens with two attached hydrogens (primary N) is 1. The molecule has 4 heteroatoms. The van der Waals surface area contributed by atoms with Crippen molar-refractivity contribution < 1.29 is 4.74 Å². The molecule has 82 valence electrons. The molecule has 0 atom stereocenters. The fraction of sp³-hybridized carbons (Fsp3) is 0.167. The van der Waals surface area contributed by atoms with Crippen LogP contribution in [0.25, 0.3) is 0 Å². The van der Waals surface area contributed by atoms with Crippen molar-refractivity contribution in [3.63, 3.8) is 0 Å². The number of benzene rings is 1. The second-order valence-electron chi connectivity index (χ2n) is 3.43. The van der Waals surface area contributed by atoms with Crippen LogP contribution in [0.2, 0.25) is 0 Å². The third-order valence-corrected chi connectivity index (χ3v) is 2.04. The number of anilines is 1. The molecule has 1 heterocycles. The smallest absolute Gasteiger partial charge is 0.130 e. The number of nitrogens with zero attached hydrogens (tertiary/aromatic N) is 2. The van der Waals surface area contributed by atoms with Crippen molar-refractivity contribution in [2.45, 2.75) is 13.5 Å². The van der Waals surface area contributed by atoms with Gasteiger partial charge in [-0.05, 0) is 19.1 Å². The van der Waals surface area contributed by atoms with Crippen LogP contribution in [-0.4, -0.2) is 9.97 Å². The molecule has 0 saturated heterocycles. The Morgan fingerprint density at radius 1 is 1.19 bits per heavy atom. The second-order valence-corrected chi connectivity index (χ2v) is 3.43. The summed E-state index contributed by atoms with van der Waals surface area (Å²) >= 11 is 0. The van der Waals surface area contributed by atoms with Gasteiger partial charge in [0.05, 0.1) is 5.69 Å². The zero-order valence-electron chi connectivity index (χ0n) is 9.05. The molecule has 4 nitrogen and oxygen atoms in total. The van der Waals surface area contributed by atoms with Gasteiger partial charge in [-0.2, -0.15) is 0 Å². The number of aromatic nitrogens is 2. The van der Waals surface area contributed by atoms with Gasteiger partial charge < -0.3 is 10.5 Å². The molecule has 0 bridgehead atoms. The van der Waals surface area contributed by atoms with Gasteiger partial charge in [-0.1, -0.05) is 18.2 Å². The monoisotopic (exact) mass is 215 g/mol. The summed E-state index contributed by atoms with van der Waals surface area (Å²) in [7, 11) is 0. The zero-order chi connectivity index (χ0) is 11.4. The fourth-order valence-corrected chi connectivity index (χ4v) is 1.40. The van der Waals surface area contributed by atoms with Crippen LogP contribution in [0.5, 0.6) is 5.75 Å². The maximum Gasteiger partial charge on any atom is 0.130 e. The fourth-order valence-electron chi connectivity index (χ4n) is 1.40. The van der Waals surface area contributed by atoms with Crippen molar-refractivity contribution in [3.05, 3.63) is 47.9 Å². The minimum Gasteiger partial charge on any atom is -0.487 e. The van der Waals surface area contributed by atoms with E-state index in [0.717, 1.165) is 11.4 Å². The molecule has 1 aromatic carbocycles. The molecule has 2 aromatic rings. The summed E-state index contributed by atoms with van der Waals surface area (Å²) in [5.41, 5.74) is 6.41. The van der Waals surface area contributed by atoms with E-state index in [1.165, 1.54) is 0 Å². The van der Waals surface area contributed by atoms with Crippen LogP contribution in [0.4, 0.5) is 5.82 Å². The molecule has 0 aliphatic rings.